The normalized spacial score (nSPS) is 14.6. The lowest BCUT2D eigenvalue weighted by atomic mass is 10.0. The summed E-state index contributed by atoms with van der Waals surface area (Å²) in [4.78, 5) is 12.4. The number of fused-ring (bicyclic) bond motifs is 1. The SMILES string of the molecule is COc1cc(C(=O)NC(CN)CC(C)C)cc2c1OCCO2. The maximum absolute atomic E-state index is 12.4. The van der Waals surface area contributed by atoms with Crippen molar-refractivity contribution in [1.29, 1.82) is 0 Å². The molecule has 122 valence electrons. The molecule has 1 atom stereocenters. The molecule has 0 aromatic heterocycles. The smallest absolute Gasteiger partial charge is 0.251 e. The summed E-state index contributed by atoms with van der Waals surface area (Å²) in [5, 5.41) is 2.96. The zero-order chi connectivity index (χ0) is 16.1. The van der Waals surface area contributed by atoms with E-state index in [1.165, 1.54) is 7.11 Å². The van der Waals surface area contributed by atoms with Gasteiger partial charge in [0.1, 0.15) is 13.2 Å². The Balaban J connectivity index is 2.19. The first-order chi connectivity index (χ1) is 10.5. The highest BCUT2D eigenvalue weighted by Crippen LogP contribution is 2.40. The Morgan fingerprint density at radius 2 is 2.09 bits per heavy atom. The first-order valence-electron chi connectivity index (χ1n) is 7.53. The Labute approximate surface area is 130 Å². The van der Waals surface area contributed by atoms with Crippen LogP contribution in [0.4, 0.5) is 0 Å². The van der Waals surface area contributed by atoms with Crippen molar-refractivity contribution in [2.24, 2.45) is 11.7 Å². The second-order valence-electron chi connectivity index (χ2n) is 5.74. The molecule has 6 heteroatoms. The van der Waals surface area contributed by atoms with Crippen LogP contribution in [0.2, 0.25) is 0 Å². The van der Waals surface area contributed by atoms with E-state index >= 15 is 0 Å². The summed E-state index contributed by atoms with van der Waals surface area (Å²) < 4.78 is 16.4. The quantitative estimate of drug-likeness (QED) is 0.833. The van der Waals surface area contributed by atoms with Gasteiger partial charge in [0, 0.05) is 18.2 Å². The molecule has 1 heterocycles. The first-order valence-corrected chi connectivity index (χ1v) is 7.53. The summed E-state index contributed by atoms with van der Waals surface area (Å²) in [5.41, 5.74) is 6.21. The third-order valence-electron chi connectivity index (χ3n) is 3.47. The molecule has 0 spiro atoms. The average Bonchev–Trinajstić information content (AvgIpc) is 2.52. The number of hydrogen-bond acceptors (Lipinski definition) is 5. The fourth-order valence-corrected chi connectivity index (χ4v) is 2.46. The van der Waals surface area contributed by atoms with Gasteiger partial charge in [0.2, 0.25) is 5.75 Å². The van der Waals surface area contributed by atoms with Crippen molar-refractivity contribution in [2.75, 3.05) is 26.9 Å². The molecule has 2 rings (SSSR count). The molecule has 0 radical (unpaired) electrons. The van der Waals surface area contributed by atoms with Crippen LogP contribution in [0, 0.1) is 5.92 Å². The Kier molecular flexibility index (Phi) is 5.49. The van der Waals surface area contributed by atoms with E-state index in [1.54, 1.807) is 12.1 Å². The zero-order valence-corrected chi connectivity index (χ0v) is 13.3. The van der Waals surface area contributed by atoms with Crippen molar-refractivity contribution in [3.63, 3.8) is 0 Å². The van der Waals surface area contributed by atoms with E-state index in [1.807, 2.05) is 0 Å². The van der Waals surface area contributed by atoms with E-state index in [0.717, 1.165) is 6.42 Å². The van der Waals surface area contributed by atoms with Crippen LogP contribution in [-0.4, -0.2) is 38.8 Å². The molecule has 0 saturated heterocycles. The average molecular weight is 308 g/mol. The molecule has 1 aromatic carbocycles. The number of carbonyl (C=O) groups excluding carboxylic acids is 1. The maximum atomic E-state index is 12.4. The molecular weight excluding hydrogens is 284 g/mol. The summed E-state index contributed by atoms with van der Waals surface area (Å²) in [6, 6.07) is 3.29. The summed E-state index contributed by atoms with van der Waals surface area (Å²) in [6.07, 6.45) is 0.837. The molecular formula is C16H24N2O4. The van der Waals surface area contributed by atoms with Gasteiger partial charge in [-0.2, -0.15) is 0 Å². The lowest BCUT2D eigenvalue weighted by Crippen LogP contribution is -2.41. The van der Waals surface area contributed by atoms with Crippen molar-refractivity contribution >= 4 is 5.91 Å². The van der Waals surface area contributed by atoms with E-state index in [2.05, 4.69) is 19.2 Å². The van der Waals surface area contributed by atoms with Crippen LogP contribution in [0.15, 0.2) is 12.1 Å². The van der Waals surface area contributed by atoms with Gasteiger partial charge in [-0.1, -0.05) is 13.8 Å². The summed E-state index contributed by atoms with van der Waals surface area (Å²) in [7, 11) is 1.54. The predicted molar refractivity (Wildman–Crippen MR) is 83.7 cm³/mol. The standard InChI is InChI=1S/C16H24N2O4/c1-10(2)6-12(9-17)18-16(19)11-7-13(20-3)15-14(8-11)21-4-5-22-15/h7-8,10,12H,4-6,9,17H2,1-3H3,(H,18,19). The minimum atomic E-state index is -0.189. The van der Waals surface area contributed by atoms with E-state index in [0.29, 0.717) is 48.5 Å². The molecule has 3 N–H and O–H groups in total. The number of nitrogens with two attached hydrogens (primary N) is 1. The molecule has 1 aromatic rings. The molecule has 0 saturated carbocycles. The molecule has 1 aliphatic rings. The van der Waals surface area contributed by atoms with Gasteiger partial charge in [0.25, 0.3) is 5.91 Å². The van der Waals surface area contributed by atoms with Gasteiger partial charge >= 0.3 is 0 Å². The lowest BCUT2D eigenvalue weighted by molar-refractivity contribution is 0.0931. The molecule has 0 fully saturated rings. The largest absolute Gasteiger partial charge is 0.493 e. The van der Waals surface area contributed by atoms with E-state index in [4.69, 9.17) is 19.9 Å². The van der Waals surface area contributed by atoms with Gasteiger partial charge < -0.3 is 25.3 Å². The van der Waals surface area contributed by atoms with Crippen LogP contribution in [0.1, 0.15) is 30.6 Å². The highest BCUT2D eigenvalue weighted by Gasteiger charge is 2.22. The number of ether oxygens (including phenoxy) is 3. The molecule has 1 aliphatic heterocycles. The van der Waals surface area contributed by atoms with Gasteiger partial charge in [-0.05, 0) is 24.5 Å². The van der Waals surface area contributed by atoms with Crippen LogP contribution in [-0.2, 0) is 0 Å². The monoisotopic (exact) mass is 308 g/mol. The Morgan fingerprint density at radius 3 is 2.73 bits per heavy atom. The Morgan fingerprint density at radius 1 is 1.36 bits per heavy atom. The van der Waals surface area contributed by atoms with Crippen molar-refractivity contribution in [3.8, 4) is 17.2 Å². The predicted octanol–water partition coefficient (Wildman–Crippen LogP) is 1.57. The van der Waals surface area contributed by atoms with E-state index in [9.17, 15) is 4.79 Å². The van der Waals surface area contributed by atoms with Gasteiger partial charge in [-0.25, -0.2) is 0 Å². The number of carbonyl (C=O) groups is 1. The van der Waals surface area contributed by atoms with Crippen molar-refractivity contribution < 1.29 is 19.0 Å². The fraction of sp³-hybridized carbons (Fsp3) is 0.562. The maximum Gasteiger partial charge on any atom is 0.251 e. The highest BCUT2D eigenvalue weighted by atomic mass is 16.6. The third-order valence-corrected chi connectivity index (χ3v) is 3.47. The fourth-order valence-electron chi connectivity index (χ4n) is 2.46. The Bertz CT molecular complexity index is 514. The number of amides is 1. The zero-order valence-electron chi connectivity index (χ0n) is 13.3. The van der Waals surface area contributed by atoms with Crippen LogP contribution < -0.4 is 25.3 Å². The summed E-state index contributed by atoms with van der Waals surface area (Å²) in [6.45, 7) is 5.54. The number of methoxy groups -OCH3 is 1. The van der Waals surface area contributed by atoms with Crippen molar-refractivity contribution in [2.45, 2.75) is 26.3 Å². The molecule has 0 aliphatic carbocycles. The molecule has 1 amide bonds. The van der Waals surface area contributed by atoms with Crippen LogP contribution in [0.25, 0.3) is 0 Å². The van der Waals surface area contributed by atoms with E-state index < -0.39 is 0 Å². The number of benzene rings is 1. The minimum Gasteiger partial charge on any atom is -0.493 e. The van der Waals surface area contributed by atoms with Crippen LogP contribution >= 0.6 is 0 Å². The molecule has 6 nitrogen and oxygen atoms in total. The number of rotatable bonds is 6. The molecule has 22 heavy (non-hydrogen) atoms. The minimum absolute atomic E-state index is 0.0494. The second-order valence-corrected chi connectivity index (χ2v) is 5.74. The van der Waals surface area contributed by atoms with Gasteiger partial charge in [-0.15, -0.1) is 0 Å². The lowest BCUT2D eigenvalue weighted by Gasteiger charge is -2.22. The third kappa shape index (κ3) is 3.82. The number of nitrogens with one attached hydrogen (secondary N) is 1. The van der Waals surface area contributed by atoms with Gasteiger partial charge in [-0.3, -0.25) is 4.79 Å². The van der Waals surface area contributed by atoms with Crippen LogP contribution in [0.3, 0.4) is 0 Å². The Hall–Kier alpha value is -1.95. The summed E-state index contributed by atoms with van der Waals surface area (Å²) in [5.74, 6) is 1.84. The summed E-state index contributed by atoms with van der Waals surface area (Å²) >= 11 is 0. The van der Waals surface area contributed by atoms with Crippen molar-refractivity contribution in [3.05, 3.63) is 17.7 Å². The van der Waals surface area contributed by atoms with Gasteiger partial charge in [0.15, 0.2) is 11.5 Å². The highest BCUT2D eigenvalue weighted by molar-refractivity contribution is 5.95. The van der Waals surface area contributed by atoms with Crippen molar-refractivity contribution in [1.82, 2.24) is 5.32 Å². The second kappa shape index (κ2) is 7.35. The van der Waals surface area contributed by atoms with Crippen LogP contribution in [0.5, 0.6) is 17.2 Å². The molecule has 0 bridgehead atoms. The topological polar surface area (TPSA) is 82.8 Å². The first kappa shape index (κ1) is 16.4. The number of hydrogen-bond donors (Lipinski definition) is 2. The van der Waals surface area contributed by atoms with Gasteiger partial charge in [0.05, 0.1) is 7.11 Å². The molecule has 1 unspecified atom stereocenters. The van der Waals surface area contributed by atoms with E-state index in [-0.39, 0.29) is 11.9 Å².